The average molecular weight is 341 g/mol. The van der Waals surface area contributed by atoms with Gasteiger partial charge in [-0.25, -0.2) is 0 Å². The van der Waals surface area contributed by atoms with Gasteiger partial charge in [0.15, 0.2) is 5.43 Å². The maximum atomic E-state index is 12.6. The van der Waals surface area contributed by atoms with E-state index in [-0.39, 0.29) is 16.9 Å². The van der Waals surface area contributed by atoms with Gasteiger partial charge in [-0.2, -0.15) is 0 Å². The first-order chi connectivity index (χ1) is 12.1. The van der Waals surface area contributed by atoms with E-state index >= 15 is 0 Å². The maximum Gasteiger partial charge on any atom is 0.259 e. The minimum absolute atomic E-state index is 0.203. The molecule has 1 aliphatic rings. The first kappa shape index (κ1) is 17.1. The lowest BCUT2D eigenvalue weighted by Gasteiger charge is -2.36. The second-order valence-corrected chi connectivity index (χ2v) is 6.07. The van der Waals surface area contributed by atoms with Crippen molar-refractivity contribution in [1.82, 2.24) is 9.88 Å². The fourth-order valence-corrected chi connectivity index (χ4v) is 3.06. The van der Waals surface area contributed by atoms with Crippen molar-refractivity contribution in [1.29, 1.82) is 0 Å². The molecule has 1 aromatic heterocycles. The normalized spacial score (nSPS) is 14.5. The van der Waals surface area contributed by atoms with E-state index in [9.17, 15) is 9.59 Å². The number of aromatic nitrogens is 1. The van der Waals surface area contributed by atoms with Crippen LogP contribution in [0, 0.1) is 6.92 Å². The quantitative estimate of drug-likeness (QED) is 0.924. The number of hydrogen-bond donors (Lipinski definition) is 1. The predicted octanol–water partition coefficient (Wildman–Crippen LogP) is 2.04. The largest absolute Gasteiger partial charge is 0.492 e. The molecule has 2 heterocycles. The highest BCUT2D eigenvalue weighted by molar-refractivity contribution is 5.94. The summed E-state index contributed by atoms with van der Waals surface area (Å²) in [5.41, 5.74) is 1.77. The highest BCUT2D eigenvalue weighted by Gasteiger charge is 2.25. The van der Waals surface area contributed by atoms with E-state index in [1.54, 1.807) is 11.8 Å². The van der Waals surface area contributed by atoms with Gasteiger partial charge in [0, 0.05) is 44.1 Å². The third kappa shape index (κ3) is 3.68. The van der Waals surface area contributed by atoms with E-state index in [2.05, 4.69) is 9.88 Å². The number of nitrogens with one attached hydrogen (secondary N) is 1. The SMILES string of the molecule is CCOc1ccccc1N1CCN(C(=O)c2c[nH]c(C)cc2=O)CC1. The number of piperazine rings is 1. The molecule has 25 heavy (non-hydrogen) atoms. The summed E-state index contributed by atoms with van der Waals surface area (Å²) in [5.74, 6) is 0.652. The molecule has 3 rings (SSSR count). The number of H-pyrrole nitrogens is 1. The van der Waals surface area contributed by atoms with Gasteiger partial charge in [-0.1, -0.05) is 12.1 Å². The Morgan fingerprint density at radius 2 is 1.92 bits per heavy atom. The first-order valence-electron chi connectivity index (χ1n) is 8.55. The smallest absolute Gasteiger partial charge is 0.259 e. The lowest BCUT2D eigenvalue weighted by molar-refractivity contribution is 0.0745. The number of nitrogens with zero attached hydrogens (tertiary/aromatic N) is 2. The molecule has 6 heteroatoms. The van der Waals surface area contributed by atoms with E-state index in [0.717, 1.165) is 17.1 Å². The van der Waals surface area contributed by atoms with Crippen LogP contribution in [-0.2, 0) is 0 Å². The number of para-hydroxylation sites is 2. The zero-order valence-electron chi connectivity index (χ0n) is 14.6. The van der Waals surface area contributed by atoms with Crippen molar-refractivity contribution in [3.63, 3.8) is 0 Å². The summed E-state index contributed by atoms with van der Waals surface area (Å²) in [7, 11) is 0. The molecular formula is C19H23N3O3. The lowest BCUT2D eigenvalue weighted by atomic mass is 10.2. The summed E-state index contributed by atoms with van der Waals surface area (Å²) >= 11 is 0. The summed E-state index contributed by atoms with van der Waals surface area (Å²) in [6, 6.07) is 9.40. The number of ether oxygens (including phenoxy) is 1. The van der Waals surface area contributed by atoms with Crippen LogP contribution in [0.15, 0.2) is 41.3 Å². The monoisotopic (exact) mass is 341 g/mol. The highest BCUT2D eigenvalue weighted by Crippen LogP contribution is 2.28. The molecule has 1 aromatic carbocycles. The summed E-state index contributed by atoms with van der Waals surface area (Å²) in [4.78, 5) is 31.5. The summed E-state index contributed by atoms with van der Waals surface area (Å²) < 4.78 is 5.69. The van der Waals surface area contributed by atoms with Gasteiger partial charge in [0.2, 0.25) is 0 Å². The Morgan fingerprint density at radius 3 is 2.60 bits per heavy atom. The molecule has 0 unspecified atom stereocenters. The first-order valence-corrected chi connectivity index (χ1v) is 8.55. The van der Waals surface area contributed by atoms with Crippen LogP contribution in [0.4, 0.5) is 5.69 Å². The predicted molar refractivity (Wildman–Crippen MR) is 97.5 cm³/mol. The fourth-order valence-electron chi connectivity index (χ4n) is 3.06. The Balaban J connectivity index is 1.70. The van der Waals surface area contributed by atoms with Crippen molar-refractivity contribution in [3.05, 3.63) is 58.0 Å². The molecule has 1 aliphatic heterocycles. The molecule has 0 radical (unpaired) electrons. The minimum Gasteiger partial charge on any atom is -0.492 e. The second-order valence-electron chi connectivity index (χ2n) is 6.07. The van der Waals surface area contributed by atoms with Gasteiger partial charge >= 0.3 is 0 Å². The number of benzene rings is 1. The number of amides is 1. The topological polar surface area (TPSA) is 65.6 Å². The molecule has 6 nitrogen and oxygen atoms in total. The van der Waals surface area contributed by atoms with Crippen molar-refractivity contribution in [2.75, 3.05) is 37.7 Å². The molecule has 2 aromatic rings. The molecule has 1 amide bonds. The third-order valence-electron chi connectivity index (χ3n) is 4.36. The van der Waals surface area contributed by atoms with E-state index in [1.807, 2.05) is 31.2 Å². The van der Waals surface area contributed by atoms with Crippen LogP contribution in [0.1, 0.15) is 23.0 Å². The molecule has 1 saturated heterocycles. The molecular weight excluding hydrogens is 318 g/mol. The third-order valence-corrected chi connectivity index (χ3v) is 4.36. The fraction of sp³-hybridized carbons (Fsp3) is 0.368. The molecule has 0 saturated carbocycles. The van der Waals surface area contributed by atoms with Gasteiger partial charge in [0.1, 0.15) is 11.3 Å². The molecule has 0 bridgehead atoms. The van der Waals surface area contributed by atoms with Crippen LogP contribution in [0.2, 0.25) is 0 Å². The summed E-state index contributed by atoms with van der Waals surface area (Å²) in [6.07, 6.45) is 1.51. The number of carbonyl (C=O) groups is 1. The summed E-state index contributed by atoms with van der Waals surface area (Å²) in [5, 5.41) is 0. The molecule has 132 valence electrons. The number of aryl methyl sites for hydroxylation is 1. The number of carbonyl (C=O) groups excluding carboxylic acids is 1. The molecule has 0 spiro atoms. The standard InChI is InChI=1S/C19H23N3O3/c1-3-25-18-7-5-4-6-16(18)21-8-10-22(11-9-21)19(24)15-13-20-14(2)12-17(15)23/h4-7,12-13H,3,8-11H2,1-2H3,(H,20,23). The van der Waals surface area contributed by atoms with Crippen molar-refractivity contribution in [2.24, 2.45) is 0 Å². The van der Waals surface area contributed by atoms with Crippen LogP contribution >= 0.6 is 0 Å². The average Bonchev–Trinajstić information content (AvgIpc) is 2.62. The highest BCUT2D eigenvalue weighted by atomic mass is 16.5. The zero-order chi connectivity index (χ0) is 17.8. The Morgan fingerprint density at radius 1 is 1.20 bits per heavy atom. The second kappa shape index (κ2) is 7.42. The van der Waals surface area contributed by atoms with Gasteiger partial charge < -0.3 is 19.5 Å². The van der Waals surface area contributed by atoms with E-state index in [0.29, 0.717) is 32.8 Å². The number of hydrogen-bond acceptors (Lipinski definition) is 4. The minimum atomic E-state index is -0.231. The molecule has 0 aliphatic carbocycles. The number of rotatable bonds is 4. The zero-order valence-corrected chi connectivity index (χ0v) is 14.6. The Hall–Kier alpha value is -2.76. The van der Waals surface area contributed by atoms with E-state index in [1.165, 1.54) is 12.3 Å². The molecule has 0 atom stereocenters. The van der Waals surface area contributed by atoms with Crippen LogP contribution in [0.3, 0.4) is 0 Å². The van der Waals surface area contributed by atoms with Crippen LogP contribution in [0.25, 0.3) is 0 Å². The number of aromatic amines is 1. The van der Waals surface area contributed by atoms with Crippen LogP contribution < -0.4 is 15.1 Å². The van der Waals surface area contributed by atoms with Gasteiger partial charge in [-0.3, -0.25) is 9.59 Å². The van der Waals surface area contributed by atoms with Crippen molar-refractivity contribution >= 4 is 11.6 Å². The van der Waals surface area contributed by atoms with Gasteiger partial charge in [0.25, 0.3) is 5.91 Å². The van der Waals surface area contributed by atoms with Gasteiger partial charge in [-0.15, -0.1) is 0 Å². The lowest BCUT2D eigenvalue weighted by Crippen LogP contribution is -2.49. The van der Waals surface area contributed by atoms with E-state index in [4.69, 9.17) is 4.74 Å². The molecule has 1 fully saturated rings. The van der Waals surface area contributed by atoms with Gasteiger partial charge in [-0.05, 0) is 26.0 Å². The van der Waals surface area contributed by atoms with Crippen LogP contribution in [0.5, 0.6) is 5.75 Å². The van der Waals surface area contributed by atoms with E-state index < -0.39 is 0 Å². The Bertz CT molecular complexity index is 808. The Kier molecular flexibility index (Phi) is 5.07. The maximum absolute atomic E-state index is 12.6. The molecule has 1 N–H and O–H groups in total. The van der Waals surface area contributed by atoms with Crippen molar-refractivity contribution < 1.29 is 9.53 Å². The van der Waals surface area contributed by atoms with Gasteiger partial charge in [0.05, 0.1) is 12.3 Å². The van der Waals surface area contributed by atoms with Crippen LogP contribution in [-0.4, -0.2) is 48.6 Å². The Labute approximate surface area is 147 Å². The van der Waals surface area contributed by atoms with Crippen molar-refractivity contribution in [2.45, 2.75) is 13.8 Å². The van der Waals surface area contributed by atoms with Crippen molar-refractivity contribution in [3.8, 4) is 5.75 Å². The number of anilines is 1. The summed E-state index contributed by atoms with van der Waals surface area (Å²) in [6.45, 7) is 6.95. The number of pyridine rings is 1.